The minimum absolute atomic E-state index is 1.18. The maximum Gasteiger partial charge on any atom is 0.415 e. The van der Waals surface area contributed by atoms with E-state index in [0.29, 0.717) is 0 Å². The Morgan fingerprint density at radius 1 is 2.00 bits per heavy atom. The molecule has 0 fully saturated rings. The number of amides is 1. The van der Waals surface area contributed by atoms with Gasteiger partial charge < -0.3 is 5.11 Å². The molecule has 0 aromatic rings. The van der Waals surface area contributed by atoms with Crippen LogP contribution in [0.1, 0.15) is 0 Å². The van der Waals surface area contributed by atoms with Crippen LogP contribution in [0.3, 0.4) is 0 Å². The van der Waals surface area contributed by atoms with Crippen LogP contribution in [-0.4, -0.2) is 11.2 Å². The summed E-state index contributed by atoms with van der Waals surface area (Å²) in [6, 6.07) is 0. The van der Waals surface area contributed by atoms with Gasteiger partial charge in [0.15, 0.2) is 0 Å². The molecule has 0 spiro atoms. The zero-order chi connectivity index (χ0) is 4.28. The Morgan fingerprint density at radius 2 is 2.20 bits per heavy atom. The summed E-state index contributed by atoms with van der Waals surface area (Å²) in [5.41, 5.74) is 0. The van der Waals surface area contributed by atoms with Gasteiger partial charge in [-0.2, -0.15) is 0 Å². The minimum atomic E-state index is -1.18. The lowest BCUT2D eigenvalue weighted by Gasteiger charge is -1.75. The van der Waals surface area contributed by atoms with Crippen LogP contribution in [0.5, 0.6) is 0 Å². The highest BCUT2D eigenvalue weighted by molar-refractivity contribution is 7.78. The molecule has 3 nitrogen and oxygen atoms in total. The molecule has 5 heavy (non-hydrogen) atoms. The first-order valence-electron chi connectivity index (χ1n) is 0.882. The topological polar surface area (TPSA) is 49.3 Å². The third-order valence-electron chi connectivity index (χ3n) is 0.0873. The number of hydrogen-bond donors (Lipinski definition) is 2. The van der Waals surface area contributed by atoms with E-state index in [1.807, 2.05) is 0 Å². The van der Waals surface area contributed by atoms with E-state index < -0.39 is 6.09 Å². The van der Waals surface area contributed by atoms with Gasteiger partial charge in [-0.15, -0.1) is 0 Å². The summed E-state index contributed by atoms with van der Waals surface area (Å²) in [6.45, 7) is 0. The first-order chi connectivity index (χ1) is 2.27. The van der Waals surface area contributed by atoms with Gasteiger partial charge in [-0.25, -0.2) is 4.79 Å². The van der Waals surface area contributed by atoms with Crippen molar-refractivity contribution >= 4 is 18.9 Å². The molecule has 0 saturated heterocycles. The van der Waals surface area contributed by atoms with Gasteiger partial charge in [-0.05, 0) is 0 Å². The summed E-state index contributed by atoms with van der Waals surface area (Å²) in [7, 11) is 0. The average Bonchev–Trinajstić information content (AvgIpc) is 1.38. The van der Waals surface area contributed by atoms with Crippen LogP contribution in [0.2, 0.25) is 0 Å². The molecule has 0 aliphatic carbocycles. The lowest BCUT2D eigenvalue weighted by molar-refractivity contribution is 0.202. The van der Waals surface area contributed by atoms with E-state index in [1.54, 1.807) is 0 Å². The van der Waals surface area contributed by atoms with Gasteiger partial charge in [0, 0.05) is 12.8 Å². The third-order valence-corrected chi connectivity index (χ3v) is 0.262. The largest absolute Gasteiger partial charge is 0.464 e. The summed E-state index contributed by atoms with van der Waals surface area (Å²) in [4.78, 5) is 9.15. The van der Waals surface area contributed by atoms with Crippen LogP contribution < -0.4 is 4.72 Å². The summed E-state index contributed by atoms with van der Waals surface area (Å²) >= 11 is 3.83. The maximum atomic E-state index is 9.15. The van der Waals surface area contributed by atoms with Gasteiger partial charge in [0.25, 0.3) is 0 Å². The maximum absolute atomic E-state index is 9.15. The lowest BCUT2D eigenvalue weighted by Crippen LogP contribution is -2.06. The van der Waals surface area contributed by atoms with E-state index in [1.165, 1.54) is 4.72 Å². The fourth-order valence-electron chi connectivity index (χ4n) is 0. The fraction of sp³-hybridized carbons (Fsp3) is 0. The lowest BCUT2D eigenvalue weighted by atomic mass is 11.3. The predicted molar refractivity (Wildman–Crippen MR) is 18.8 cm³/mol. The number of carboxylic acid groups (broad SMARTS) is 1. The second-order valence-electron chi connectivity index (χ2n) is 0.407. The molecular formula is CH2NO2S. The Labute approximate surface area is 34.5 Å². The Hall–Kier alpha value is -0.380. The number of carbonyl (C=O) groups is 1. The van der Waals surface area contributed by atoms with Gasteiger partial charge >= 0.3 is 6.09 Å². The average molecular weight is 92.1 g/mol. The van der Waals surface area contributed by atoms with E-state index in [4.69, 9.17) is 9.90 Å². The Kier molecular flexibility index (Phi) is 1.75. The van der Waals surface area contributed by atoms with Gasteiger partial charge in [0.1, 0.15) is 0 Å². The van der Waals surface area contributed by atoms with Crippen LogP contribution in [-0.2, 0) is 0 Å². The SMILES string of the molecule is O=C(O)N[S]. The van der Waals surface area contributed by atoms with Crippen molar-refractivity contribution in [2.45, 2.75) is 0 Å². The van der Waals surface area contributed by atoms with Crippen molar-refractivity contribution in [1.29, 1.82) is 0 Å². The van der Waals surface area contributed by atoms with Crippen LogP contribution >= 0.6 is 12.8 Å². The first kappa shape index (κ1) is 4.62. The summed E-state index contributed by atoms with van der Waals surface area (Å²) in [6.07, 6.45) is -1.18. The molecule has 0 saturated carbocycles. The van der Waals surface area contributed by atoms with E-state index in [-0.39, 0.29) is 0 Å². The zero-order valence-electron chi connectivity index (χ0n) is 2.26. The Morgan fingerprint density at radius 3 is 2.20 bits per heavy atom. The molecular weight excluding hydrogens is 90.1 g/mol. The molecule has 0 bridgehead atoms. The van der Waals surface area contributed by atoms with Crippen molar-refractivity contribution in [1.82, 2.24) is 4.72 Å². The normalized spacial score (nSPS) is 6.60. The number of nitrogens with one attached hydrogen (secondary N) is 1. The van der Waals surface area contributed by atoms with E-state index >= 15 is 0 Å². The Balaban J connectivity index is 2.85. The van der Waals surface area contributed by atoms with Crippen molar-refractivity contribution in [3.05, 3.63) is 0 Å². The van der Waals surface area contributed by atoms with Gasteiger partial charge in [0.05, 0.1) is 0 Å². The van der Waals surface area contributed by atoms with Crippen molar-refractivity contribution in [2.75, 3.05) is 0 Å². The van der Waals surface area contributed by atoms with Crippen molar-refractivity contribution in [3.63, 3.8) is 0 Å². The summed E-state index contributed by atoms with van der Waals surface area (Å²) in [5.74, 6) is 0. The Bertz CT molecular complexity index is 44.9. The monoisotopic (exact) mass is 92.0 g/mol. The van der Waals surface area contributed by atoms with Crippen molar-refractivity contribution in [2.24, 2.45) is 0 Å². The van der Waals surface area contributed by atoms with Gasteiger partial charge in [0.2, 0.25) is 0 Å². The molecule has 0 aromatic carbocycles. The molecule has 0 aromatic heterocycles. The minimum Gasteiger partial charge on any atom is -0.464 e. The number of hydrogen-bond acceptors (Lipinski definition) is 1. The van der Waals surface area contributed by atoms with Gasteiger partial charge in [-0.3, -0.25) is 4.72 Å². The second-order valence-corrected chi connectivity index (χ2v) is 0.611. The van der Waals surface area contributed by atoms with E-state index in [9.17, 15) is 0 Å². The molecule has 1 amide bonds. The molecule has 0 atom stereocenters. The molecule has 0 aliphatic rings. The molecule has 0 unspecified atom stereocenters. The molecule has 29 valence electrons. The molecule has 0 heterocycles. The third kappa shape index (κ3) is 3.62. The van der Waals surface area contributed by atoms with Crippen molar-refractivity contribution in [3.8, 4) is 0 Å². The molecule has 0 aliphatic heterocycles. The standard InChI is InChI=1S/CH2NO2S/c3-1(4)2-5/h2H,(H,3,4). The summed E-state index contributed by atoms with van der Waals surface area (Å²) < 4.78 is 1.53. The van der Waals surface area contributed by atoms with Crippen LogP contribution in [0.4, 0.5) is 4.79 Å². The second kappa shape index (κ2) is 1.90. The van der Waals surface area contributed by atoms with Crippen molar-refractivity contribution < 1.29 is 9.90 Å². The predicted octanol–water partition coefficient (Wildman–Crippen LogP) is 0.366. The highest BCUT2D eigenvalue weighted by atomic mass is 32.1. The molecule has 0 rings (SSSR count). The smallest absolute Gasteiger partial charge is 0.415 e. The van der Waals surface area contributed by atoms with Gasteiger partial charge in [-0.1, -0.05) is 0 Å². The summed E-state index contributed by atoms with van der Waals surface area (Å²) in [5, 5.41) is 7.51. The number of rotatable bonds is 0. The van der Waals surface area contributed by atoms with Crippen LogP contribution in [0, 0.1) is 0 Å². The van der Waals surface area contributed by atoms with Crippen LogP contribution in [0.25, 0.3) is 0 Å². The van der Waals surface area contributed by atoms with E-state index in [2.05, 4.69) is 12.8 Å². The molecule has 1 radical (unpaired) electrons. The first-order valence-corrected chi connectivity index (χ1v) is 1.29. The molecule has 2 N–H and O–H groups in total. The van der Waals surface area contributed by atoms with Crippen LogP contribution in [0.15, 0.2) is 0 Å². The zero-order valence-corrected chi connectivity index (χ0v) is 3.08. The fourth-order valence-corrected chi connectivity index (χ4v) is 0. The highest BCUT2D eigenvalue weighted by Gasteiger charge is 1.79. The molecule has 4 heteroatoms. The van der Waals surface area contributed by atoms with E-state index in [0.717, 1.165) is 0 Å². The highest BCUT2D eigenvalue weighted by Crippen LogP contribution is 1.57. The quantitative estimate of drug-likeness (QED) is 0.453.